The maximum absolute atomic E-state index is 13.4. The smallest absolute Gasteiger partial charge is 0.322 e. The van der Waals surface area contributed by atoms with Gasteiger partial charge in [0.2, 0.25) is 0 Å². The summed E-state index contributed by atoms with van der Waals surface area (Å²) in [5, 5.41) is 6.92. The van der Waals surface area contributed by atoms with Gasteiger partial charge in [-0.1, -0.05) is 62.4 Å². The monoisotopic (exact) mass is 541 g/mol. The second kappa shape index (κ2) is 11.9. The highest BCUT2D eigenvalue weighted by Crippen LogP contribution is 2.59. The molecule has 38 heavy (non-hydrogen) atoms. The number of nitrogens with zero attached hydrogens (tertiary/aromatic N) is 3. The van der Waals surface area contributed by atoms with Gasteiger partial charge >= 0.3 is 12.1 Å². The van der Waals surface area contributed by atoms with Crippen molar-refractivity contribution in [1.82, 2.24) is 20.0 Å². The van der Waals surface area contributed by atoms with Crippen LogP contribution in [0.2, 0.25) is 5.02 Å². The molecule has 1 saturated heterocycles. The maximum Gasteiger partial charge on any atom is 0.322 e. The average Bonchev–Trinajstić information content (AvgIpc) is 2.91. The van der Waals surface area contributed by atoms with E-state index < -0.39 is 0 Å². The zero-order valence-electron chi connectivity index (χ0n) is 23.1. The minimum Gasteiger partial charge on any atom is -0.335 e. The van der Waals surface area contributed by atoms with E-state index in [1.807, 2.05) is 28.0 Å². The normalized spacial score (nSPS) is 25.2. The molecule has 2 atom stereocenters. The fraction of sp³-hybridized carbons (Fsp3) is 0.667. The first-order chi connectivity index (χ1) is 18.3. The number of hydrogen-bond donors (Lipinski definition) is 2. The number of allylic oxidation sites excluding steroid dienone is 1. The molecule has 6 rings (SSSR count). The predicted molar refractivity (Wildman–Crippen MR) is 154 cm³/mol. The van der Waals surface area contributed by atoms with Crippen LogP contribution in [0.3, 0.4) is 0 Å². The molecular formula is C30H44ClN5O2. The molecule has 5 aliphatic rings. The topological polar surface area (TPSA) is 67.9 Å². The molecule has 2 unspecified atom stereocenters. The van der Waals surface area contributed by atoms with Crippen molar-refractivity contribution in [1.29, 1.82) is 0 Å². The second-order valence-electron chi connectivity index (χ2n) is 12.3. The number of nitrogens with one attached hydrogen (secondary N) is 2. The third kappa shape index (κ3) is 6.31. The van der Waals surface area contributed by atoms with Crippen LogP contribution in [0.25, 0.3) is 0 Å². The molecule has 7 nitrogen and oxygen atoms in total. The van der Waals surface area contributed by atoms with Crippen LogP contribution in [0.4, 0.5) is 15.3 Å². The van der Waals surface area contributed by atoms with Crippen molar-refractivity contribution in [3.63, 3.8) is 0 Å². The number of piperazine rings is 1. The number of rotatable bonds is 7. The number of halogens is 1. The molecule has 1 aliphatic heterocycles. The number of hydrogen-bond acceptors (Lipinski definition) is 3. The summed E-state index contributed by atoms with van der Waals surface area (Å²) in [4.78, 5) is 32.5. The van der Waals surface area contributed by atoms with Gasteiger partial charge in [-0.3, -0.25) is 4.90 Å². The molecule has 2 bridgehead atoms. The standard InChI is InChI=1S/C30H44ClN5O2/c1-30(2)23-12-11-22(27(30)19-23)21-36(29(38)33-26-10-6-7-24(31)20-26)18-15-34-13-16-35(17-14-34)28(37)32-25-8-4-3-5-9-25/h6-7,10-11,20,23,25,27H,3-5,8-9,12-19,21H2,1-2H3,(H,32,37)(H,33,38). The van der Waals surface area contributed by atoms with E-state index in [0.29, 0.717) is 41.2 Å². The number of urea groups is 2. The van der Waals surface area contributed by atoms with Gasteiger partial charge in [-0.2, -0.15) is 0 Å². The van der Waals surface area contributed by atoms with Crippen LogP contribution in [0.5, 0.6) is 0 Å². The first-order valence-corrected chi connectivity index (χ1v) is 15.0. The molecule has 2 N–H and O–H groups in total. The molecule has 0 aromatic heterocycles. The van der Waals surface area contributed by atoms with Gasteiger partial charge in [0.1, 0.15) is 0 Å². The lowest BCUT2D eigenvalue weighted by atomic mass is 9.49. The Balaban J connectivity index is 1.16. The van der Waals surface area contributed by atoms with E-state index in [0.717, 1.165) is 57.9 Å². The Morgan fingerprint density at radius 2 is 1.87 bits per heavy atom. The van der Waals surface area contributed by atoms with E-state index in [-0.39, 0.29) is 12.1 Å². The van der Waals surface area contributed by atoms with Crippen LogP contribution in [-0.4, -0.2) is 78.6 Å². The molecule has 2 saturated carbocycles. The summed E-state index contributed by atoms with van der Waals surface area (Å²) in [5.74, 6) is 1.34. The minimum absolute atomic E-state index is 0.0853. The van der Waals surface area contributed by atoms with Crippen molar-refractivity contribution in [3.8, 4) is 0 Å². The van der Waals surface area contributed by atoms with Crippen molar-refractivity contribution in [3.05, 3.63) is 40.9 Å². The van der Waals surface area contributed by atoms with E-state index in [1.54, 1.807) is 6.07 Å². The lowest BCUT2D eigenvalue weighted by Crippen LogP contribution is -2.55. The van der Waals surface area contributed by atoms with Crippen molar-refractivity contribution in [2.24, 2.45) is 17.3 Å². The first kappa shape index (κ1) is 27.3. The Hall–Kier alpha value is -2.25. The molecule has 1 heterocycles. The maximum atomic E-state index is 13.4. The lowest BCUT2D eigenvalue weighted by molar-refractivity contribution is -0.00969. The average molecular weight is 542 g/mol. The van der Waals surface area contributed by atoms with Gasteiger partial charge in [-0.15, -0.1) is 0 Å². The third-order valence-electron chi connectivity index (χ3n) is 9.60. The SMILES string of the molecule is CC1(C)C2CC=C(CN(CCN3CCN(C(=O)NC4CCCCC4)CC3)C(=O)Nc3cccc(Cl)c3)C1C2. The summed E-state index contributed by atoms with van der Waals surface area (Å²) < 4.78 is 0. The van der Waals surface area contributed by atoms with Gasteiger partial charge in [-0.05, 0) is 61.1 Å². The van der Waals surface area contributed by atoms with Gasteiger partial charge in [0.05, 0.1) is 0 Å². The quantitative estimate of drug-likeness (QED) is 0.427. The fourth-order valence-electron chi connectivity index (χ4n) is 6.85. The van der Waals surface area contributed by atoms with Crippen molar-refractivity contribution in [2.75, 3.05) is 51.1 Å². The summed E-state index contributed by atoms with van der Waals surface area (Å²) in [6.45, 7) is 9.99. The van der Waals surface area contributed by atoms with E-state index in [4.69, 9.17) is 11.6 Å². The number of benzene rings is 1. The summed E-state index contributed by atoms with van der Waals surface area (Å²) in [6, 6.07) is 7.67. The molecule has 3 fully saturated rings. The highest BCUT2D eigenvalue weighted by molar-refractivity contribution is 6.30. The van der Waals surface area contributed by atoms with Gasteiger partial charge in [-0.25, -0.2) is 9.59 Å². The second-order valence-corrected chi connectivity index (χ2v) is 12.7. The Bertz CT molecular complexity index is 1030. The van der Waals surface area contributed by atoms with Gasteiger partial charge in [0.15, 0.2) is 0 Å². The van der Waals surface area contributed by atoms with Crippen LogP contribution in [-0.2, 0) is 0 Å². The largest absolute Gasteiger partial charge is 0.335 e. The zero-order valence-corrected chi connectivity index (χ0v) is 23.8. The van der Waals surface area contributed by atoms with E-state index in [9.17, 15) is 9.59 Å². The lowest BCUT2D eigenvalue weighted by Gasteiger charge is -2.57. The van der Waals surface area contributed by atoms with Crippen LogP contribution < -0.4 is 10.6 Å². The number of carbonyl (C=O) groups is 2. The van der Waals surface area contributed by atoms with E-state index in [1.165, 1.54) is 31.3 Å². The van der Waals surface area contributed by atoms with Gasteiger partial charge < -0.3 is 20.4 Å². The fourth-order valence-corrected chi connectivity index (χ4v) is 7.04. The van der Waals surface area contributed by atoms with Crippen LogP contribution >= 0.6 is 11.6 Å². The summed E-state index contributed by atoms with van der Waals surface area (Å²) in [5.41, 5.74) is 2.45. The van der Waals surface area contributed by atoms with Crippen molar-refractivity contribution in [2.45, 2.75) is 64.8 Å². The number of carbonyl (C=O) groups excluding carboxylic acids is 2. The minimum atomic E-state index is -0.0853. The molecule has 8 heteroatoms. The van der Waals surface area contributed by atoms with E-state index >= 15 is 0 Å². The molecule has 0 spiro atoms. The Kier molecular flexibility index (Phi) is 8.53. The van der Waals surface area contributed by atoms with Crippen molar-refractivity contribution < 1.29 is 9.59 Å². The zero-order chi connectivity index (χ0) is 26.7. The number of amides is 4. The first-order valence-electron chi connectivity index (χ1n) is 14.6. The highest BCUT2D eigenvalue weighted by atomic mass is 35.5. The van der Waals surface area contributed by atoms with Crippen LogP contribution in [0, 0.1) is 17.3 Å². The summed E-state index contributed by atoms with van der Waals surface area (Å²) >= 11 is 6.16. The van der Waals surface area contributed by atoms with Gasteiger partial charge in [0, 0.05) is 62.6 Å². The molecule has 1 aromatic carbocycles. The van der Waals surface area contributed by atoms with Crippen molar-refractivity contribution >= 4 is 29.4 Å². The van der Waals surface area contributed by atoms with Gasteiger partial charge in [0.25, 0.3) is 0 Å². The number of anilines is 1. The Morgan fingerprint density at radius 1 is 1.11 bits per heavy atom. The third-order valence-corrected chi connectivity index (χ3v) is 9.83. The molecule has 0 radical (unpaired) electrons. The summed E-state index contributed by atoms with van der Waals surface area (Å²) in [6.07, 6.45) is 10.7. The molecule has 4 aliphatic carbocycles. The van der Waals surface area contributed by atoms with Crippen LogP contribution in [0.1, 0.15) is 58.8 Å². The highest BCUT2D eigenvalue weighted by Gasteiger charge is 2.51. The Labute approximate surface area is 232 Å². The van der Waals surface area contributed by atoms with E-state index in [2.05, 4.69) is 35.5 Å². The summed E-state index contributed by atoms with van der Waals surface area (Å²) in [7, 11) is 0. The molecular weight excluding hydrogens is 498 g/mol. The predicted octanol–water partition coefficient (Wildman–Crippen LogP) is 5.83. The number of fused-ring (bicyclic) bond motifs is 1. The molecule has 4 amide bonds. The molecule has 1 aromatic rings. The Morgan fingerprint density at radius 3 is 2.55 bits per heavy atom. The van der Waals surface area contributed by atoms with Crippen LogP contribution in [0.15, 0.2) is 35.9 Å². The molecule has 208 valence electrons.